The van der Waals surface area contributed by atoms with Crippen molar-refractivity contribution in [2.75, 3.05) is 7.05 Å². The Morgan fingerprint density at radius 3 is 2.43 bits per heavy atom. The number of rotatable bonds is 5. The molecule has 0 saturated carbocycles. The molecule has 1 N–H and O–H groups in total. The van der Waals surface area contributed by atoms with Gasteiger partial charge in [-0.1, -0.05) is 17.7 Å². The number of nitrogens with one attached hydrogen (secondary N) is 1. The summed E-state index contributed by atoms with van der Waals surface area (Å²) in [5.41, 5.74) is 1.35. The lowest BCUT2D eigenvalue weighted by atomic mass is 9.99. The Bertz CT molecular complexity index is 631. The highest BCUT2D eigenvalue weighted by molar-refractivity contribution is 6.31. The predicted molar refractivity (Wildman–Crippen MR) is 78.0 cm³/mol. The van der Waals surface area contributed by atoms with E-state index in [0.29, 0.717) is 29.0 Å². The number of hydrogen-bond donors (Lipinski definition) is 1. The van der Waals surface area contributed by atoms with Gasteiger partial charge in [0, 0.05) is 11.1 Å². The van der Waals surface area contributed by atoms with Crippen molar-refractivity contribution in [3.63, 3.8) is 0 Å². The second kappa shape index (κ2) is 6.96. The fourth-order valence-corrected chi connectivity index (χ4v) is 2.39. The summed E-state index contributed by atoms with van der Waals surface area (Å²) < 4.78 is 39.4. The van der Waals surface area contributed by atoms with Gasteiger partial charge in [-0.3, -0.25) is 0 Å². The molecule has 2 aromatic rings. The van der Waals surface area contributed by atoms with E-state index >= 15 is 0 Å². The lowest BCUT2D eigenvalue weighted by molar-refractivity contribution is 0.503. The van der Waals surface area contributed by atoms with Gasteiger partial charge in [-0.25, -0.2) is 13.2 Å². The van der Waals surface area contributed by atoms with Crippen LogP contribution in [0.5, 0.6) is 0 Å². The summed E-state index contributed by atoms with van der Waals surface area (Å²) >= 11 is 6.04. The molecule has 2 aromatic carbocycles. The Kier molecular flexibility index (Phi) is 5.26. The highest BCUT2D eigenvalue weighted by Gasteiger charge is 2.13. The molecule has 0 amide bonds. The fourth-order valence-electron chi connectivity index (χ4n) is 2.19. The molecule has 1 nitrogen and oxygen atoms in total. The van der Waals surface area contributed by atoms with Gasteiger partial charge < -0.3 is 5.32 Å². The average molecular weight is 314 g/mol. The van der Waals surface area contributed by atoms with Crippen LogP contribution in [0.25, 0.3) is 0 Å². The summed E-state index contributed by atoms with van der Waals surface area (Å²) in [6.45, 7) is 0. The Hall–Kier alpha value is -1.52. The maximum Gasteiger partial charge on any atom is 0.159 e. The summed E-state index contributed by atoms with van der Waals surface area (Å²) in [5.74, 6) is -2.09. The van der Waals surface area contributed by atoms with E-state index in [1.54, 1.807) is 7.05 Å². The van der Waals surface area contributed by atoms with Crippen molar-refractivity contribution in [2.24, 2.45) is 0 Å². The van der Waals surface area contributed by atoms with Crippen LogP contribution >= 0.6 is 11.6 Å². The second-order valence-corrected chi connectivity index (χ2v) is 5.29. The van der Waals surface area contributed by atoms with E-state index in [-0.39, 0.29) is 11.9 Å². The third-order valence-electron chi connectivity index (χ3n) is 3.35. The molecule has 2 rings (SSSR count). The van der Waals surface area contributed by atoms with Crippen molar-refractivity contribution in [3.8, 4) is 0 Å². The first-order chi connectivity index (χ1) is 9.99. The van der Waals surface area contributed by atoms with Gasteiger partial charge in [0.25, 0.3) is 0 Å². The SMILES string of the molecule is CNC(Cc1ccc(F)c(F)c1)Cc1cc(F)ccc1Cl. The van der Waals surface area contributed by atoms with Crippen molar-refractivity contribution in [1.29, 1.82) is 0 Å². The molecular formula is C16H15ClF3N. The van der Waals surface area contributed by atoms with Crippen LogP contribution in [0.1, 0.15) is 11.1 Å². The van der Waals surface area contributed by atoms with Gasteiger partial charge >= 0.3 is 0 Å². The molecule has 112 valence electrons. The van der Waals surface area contributed by atoms with E-state index in [0.717, 1.165) is 6.07 Å². The quantitative estimate of drug-likeness (QED) is 0.875. The molecule has 0 aliphatic rings. The van der Waals surface area contributed by atoms with Crippen molar-refractivity contribution in [1.82, 2.24) is 5.32 Å². The van der Waals surface area contributed by atoms with Crippen LogP contribution in [-0.4, -0.2) is 13.1 Å². The normalized spacial score (nSPS) is 12.4. The highest BCUT2D eigenvalue weighted by Crippen LogP contribution is 2.20. The first-order valence-corrected chi connectivity index (χ1v) is 6.92. The summed E-state index contributed by atoms with van der Waals surface area (Å²) in [5, 5.41) is 3.57. The third-order valence-corrected chi connectivity index (χ3v) is 3.72. The van der Waals surface area contributed by atoms with Crippen LogP contribution in [0.15, 0.2) is 36.4 Å². The van der Waals surface area contributed by atoms with Gasteiger partial charge in [0.1, 0.15) is 5.82 Å². The van der Waals surface area contributed by atoms with Gasteiger partial charge in [-0.05, 0) is 61.3 Å². The molecule has 0 fully saturated rings. The second-order valence-electron chi connectivity index (χ2n) is 4.88. The highest BCUT2D eigenvalue weighted by atomic mass is 35.5. The maximum atomic E-state index is 13.3. The lowest BCUT2D eigenvalue weighted by Gasteiger charge is -2.17. The molecule has 0 spiro atoms. The van der Waals surface area contributed by atoms with Crippen molar-refractivity contribution in [2.45, 2.75) is 18.9 Å². The third kappa shape index (κ3) is 4.22. The van der Waals surface area contributed by atoms with Crippen LogP contribution in [0.4, 0.5) is 13.2 Å². The molecule has 0 aliphatic heterocycles. The molecule has 1 atom stereocenters. The van der Waals surface area contributed by atoms with Gasteiger partial charge in [-0.2, -0.15) is 0 Å². The summed E-state index contributed by atoms with van der Waals surface area (Å²) in [6, 6.07) is 7.95. The number of likely N-dealkylation sites (N-methyl/N-ethyl adjacent to an activating group) is 1. The number of benzene rings is 2. The van der Waals surface area contributed by atoms with Gasteiger partial charge in [0.05, 0.1) is 0 Å². The Morgan fingerprint density at radius 2 is 1.76 bits per heavy atom. The molecule has 21 heavy (non-hydrogen) atoms. The zero-order valence-corrected chi connectivity index (χ0v) is 12.2. The van der Waals surface area contributed by atoms with Crippen LogP contribution < -0.4 is 5.32 Å². The van der Waals surface area contributed by atoms with E-state index in [9.17, 15) is 13.2 Å². The maximum absolute atomic E-state index is 13.3. The van der Waals surface area contributed by atoms with Gasteiger partial charge in [0.15, 0.2) is 11.6 Å². The molecule has 0 bridgehead atoms. The Labute approximate surface area is 126 Å². The van der Waals surface area contributed by atoms with Crippen molar-refractivity contribution < 1.29 is 13.2 Å². The molecule has 0 radical (unpaired) electrons. The predicted octanol–water partition coefficient (Wildman–Crippen LogP) is 4.13. The Balaban J connectivity index is 2.12. The minimum Gasteiger partial charge on any atom is -0.316 e. The smallest absolute Gasteiger partial charge is 0.159 e. The lowest BCUT2D eigenvalue weighted by Crippen LogP contribution is -2.30. The zero-order chi connectivity index (χ0) is 15.4. The molecule has 0 aromatic heterocycles. The van der Waals surface area contributed by atoms with Crippen LogP contribution in [0.3, 0.4) is 0 Å². The van der Waals surface area contributed by atoms with Crippen LogP contribution in [-0.2, 0) is 12.8 Å². The van der Waals surface area contributed by atoms with Crippen LogP contribution in [0, 0.1) is 17.5 Å². The molecular weight excluding hydrogens is 299 g/mol. The first-order valence-electron chi connectivity index (χ1n) is 6.54. The summed E-state index contributed by atoms with van der Waals surface area (Å²) in [4.78, 5) is 0. The Morgan fingerprint density at radius 1 is 1.00 bits per heavy atom. The molecule has 5 heteroatoms. The molecule has 0 saturated heterocycles. The van der Waals surface area contributed by atoms with E-state index in [4.69, 9.17) is 11.6 Å². The number of halogens is 4. The van der Waals surface area contributed by atoms with E-state index < -0.39 is 11.6 Å². The largest absolute Gasteiger partial charge is 0.316 e. The summed E-state index contributed by atoms with van der Waals surface area (Å²) in [6.07, 6.45) is 0.979. The molecule has 1 unspecified atom stereocenters. The van der Waals surface area contributed by atoms with Gasteiger partial charge in [0.2, 0.25) is 0 Å². The monoisotopic (exact) mass is 313 g/mol. The van der Waals surface area contributed by atoms with E-state index in [1.165, 1.54) is 30.3 Å². The minimum atomic E-state index is -0.869. The van der Waals surface area contributed by atoms with Crippen molar-refractivity contribution in [3.05, 3.63) is 70.0 Å². The van der Waals surface area contributed by atoms with Crippen molar-refractivity contribution >= 4 is 11.6 Å². The zero-order valence-electron chi connectivity index (χ0n) is 11.5. The first kappa shape index (κ1) is 15.9. The van der Waals surface area contributed by atoms with E-state index in [1.807, 2.05) is 0 Å². The summed E-state index contributed by atoms with van der Waals surface area (Å²) in [7, 11) is 1.76. The fraction of sp³-hybridized carbons (Fsp3) is 0.250. The van der Waals surface area contributed by atoms with Gasteiger partial charge in [-0.15, -0.1) is 0 Å². The molecule has 0 heterocycles. The standard InChI is InChI=1S/C16H15ClF3N/c1-21-13(6-10-2-5-15(19)16(20)7-10)9-11-8-12(18)3-4-14(11)17/h2-5,7-8,13,21H,6,9H2,1H3. The topological polar surface area (TPSA) is 12.0 Å². The number of hydrogen-bond acceptors (Lipinski definition) is 1. The van der Waals surface area contributed by atoms with E-state index in [2.05, 4.69) is 5.32 Å². The average Bonchev–Trinajstić information content (AvgIpc) is 2.46. The minimum absolute atomic E-state index is 0.0610. The van der Waals surface area contributed by atoms with Crippen LogP contribution in [0.2, 0.25) is 5.02 Å². The molecule has 0 aliphatic carbocycles.